The summed E-state index contributed by atoms with van der Waals surface area (Å²) in [5.74, 6) is -0.403. The summed E-state index contributed by atoms with van der Waals surface area (Å²) in [5.41, 5.74) is 1.38. The molecule has 0 saturated carbocycles. The zero-order valence-electron chi connectivity index (χ0n) is 17.2. The Kier molecular flexibility index (Phi) is 6.54. The summed E-state index contributed by atoms with van der Waals surface area (Å²) in [6.45, 7) is 3.30. The van der Waals surface area contributed by atoms with Gasteiger partial charge in [-0.1, -0.05) is 0 Å². The standard InChI is InChI=1S/C22H26FN3O4S/c23-18-5-7-19(8-6-18)25-11-13-26(14-12-25)22(27)17-3-9-21(10-4-17)31(28,29)24-16-20-2-1-15-30-20/h3-10,20,24H,1-2,11-16H2/t20-/m0/s1. The molecule has 0 radical (unpaired) electrons. The van der Waals surface area contributed by atoms with Crippen LogP contribution >= 0.6 is 0 Å². The van der Waals surface area contributed by atoms with E-state index < -0.39 is 10.0 Å². The van der Waals surface area contributed by atoms with Gasteiger partial charge in [0.2, 0.25) is 10.0 Å². The number of nitrogens with one attached hydrogen (secondary N) is 1. The summed E-state index contributed by atoms with van der Waals surface area (Å²) in [6.07, 6.45) is 1.72. The number of amides is 1. The smallest absolute Gasteiger partial charge is 0.253 e. The number of ether oxygens (including phenoxy) is 1. The van der Waals surface area contributed by atoms with Crippen molar-refractivity contribution in [2.45, 2.75) is 23.8 Å². The molecule has 0 spiro atoms. The number of hydrogen-bond acceptors (Lipinski definition) is 5. The van der Waals surface area contributed by atoms with E-state index in [1.807, 2.05) is 0 Å². The van der Waals surface area contributed by atoms with Crippen molar-refractivity contribution in [2.75, 3.05) is 44.2 Å². The molecule has 0 aliphatic carbocycles. The van der Waals surface area contributed by atoms with Gasteiger partial charge in [0.25, 0.3) is 5.91 Å². The fraction of sp³-hybridized carbons (Fsp3) is 0.409. The predicted molar refractivity (Wildman–Crippen MR) is 115 cm³/mol. The van der Waals surface area contributed by atoms with Crippen molar-refractivity contribution < 1.29 is 22.3 Å². The minimum atomic E-state index is -3.64. The molecular weight excluding hydrogens is 421 g/mol. The number of carbonyl (C=O) groups is 1. The van der Waals surface area contributed by atoms with Gasteiger partial charge in [0.1, 0.15) is 5.82 Å². The van der Waals surface area contributed by atoms with Crippen LogP contribution in [0.5, 0.6) is 0 Å². The highest BCUT2D eigenvalue weighted by Crippen LogP contribution is 2.19. The molecule has 9 heteroatoms. The van der Waals surface area contributed by atoms with Crippen LogP contribution in [0.3, 0.4) is 0 Å². The molecule has 1 N–H and O–H groups in total. The summed E-state index contributed by atoms with van der Waals surface area (Å²) in [5, 5.41) is 0. The normalized spacial score (nSPS) is 19.6. The van der Waals surface area contributed by atoms with Gasteiger partial charge in [0.05, 0.1) is 11.0 Å². The van der Waals surface area contributed by atoms with E-state index in [2.05, 4.69) is 9.62 Å². The van der Waals surface area contributed by atoms with Crippen molar-refractivity contribution >= 4 is 21.6 Å². The number of anilines is 1. The summed E-state index contributed by atoms with van der Waals surface area (Å²) in [7, 11) is -3.64. The van der Waals surface area contributed by atoms with E-state index in [1.54, 1.807) is 29.2 Å². The monoisotopic (exact) mass is 447 g/mol. The third kappa shape index (κ3) is 5.23. The first-order valence-corrected chi connectivity index (χ1v) is 11.9. The SMILES string of the molecule is O=C(c1ccc(S(=O)(=O)NC[C@@H]2CCCO2)cc1)N1CCN(c2ccc(F)cc2)CC1. The van der Waals surface area contributed by atoms with Crippen LogP contribution in [0.25, 0.3) is 0 Å². The van der Waals surface area contributed by atoms with Gasteiger partial charge < -0.3 is 14.5 Å². The van der Waals surface area contributed by atoms with E-state index in [0.29, 0.717) is 38.3 Å². The van der Waals surface area contributed by atoms with Gasteiger partial charge in [-0.25, -0.2) is 17.5 Å². The Morgan fingerprint density at radius 2 is 1.71 bits per heavy atom. The number of piperazine rings is 1. The summed E-state index contributed by atoms with van der Waals surface area (Å²) < 4.78 is 46.1. The molecule has 7 nitrogen and oxygen atoms in total. The number of halogens is 1. The van der Waals surface area contributed by atoms with E-state index in [1.165, 1.54) is 24.3 Å². The van der Waals surface area contributed by atoms with E-state index in [9.17, 15) is 17.6 Å². The molecule has 166 valence electrons. The topological polar surface area (TPSA) is 78.9 Å². The molecule has 2 heterocycles. The Bertz CT molecular complexity index is 998. The van der Waals surface area contributed by atoms with Crippen LogP contribution in [0.4, 0.5) is 10.1 Å². The zero-order chi connectivity index (χ0) is 21.8. The third-order valence-corrected chi connectivity index (χ3v) is 7.13. The van der Waals surface area contributed by atoms with Gasteiger partial charge in [-0.3, -0.25) is 4.79 Å². The first kappa shape index (κ1) is 21.7. The lowest BCUT2D eigenvalue weighted by molar-refractivity contribution is 0.0746. The molecule has 31 heavy (non-hydrogen) atoms. The maximum Gasteiger partial charge on any atom is 0.253 e. The highest BCUT2D eigenvalue weighted by Gasteiger charge is 2.24. The summed E-state index contributed by atoms with van der Waals surface area (Å²) in [6, 6.07) is 12.3. The number of rotatable bonds is 6. The number of carbonyl (C=O) groups excluding carboxylic acids is 1. The summed E-state index contributed by atoms with van der Waals surface area (Å²) >= 11 is 0. The van der Waals surface area contributed by atoms with Crippen LogP contribution in [0.2, 0.25) is 0 Å². The first-order chi connectivity index (χ1) is 14.9. The molecule has 2 aliphatic rings. The van der Waals surface area contributed by atoms with Gasteiger partial charge in [0, 0.05) is 50.6 Å². The average molecular weight is 448 g/mol. The van der Waals surface area contributed by atoms with Crippen LogP contribution in [0, 0.1) is 5.82 Å². The van der Waals surface area contributed by atoms with Crippen LogP contribution in [-0.4, -0.2) is 64.7 Å². The van der Waals surface area contributed by atoms with Crippen LogP contribution in [-0.2, 0) is 14.8 Å². The maximum absolute atomic E-state index is 13.1. The fourth-order valence-electron chi connectivity index (χ4n) is 3.87. The van der Waals surface area contributed by atoms with Crippen molar-refractivity contribution in [1.29, 1.82) is 0 Å². The van der Waals surface area contributed by atoms with Crippen molar-refractivity contribution in [2.24, 2.45) is 0 Å². The van der Waals surface area contributed by atoms with Crippen LogP contribution in [0.15, 0.2) is 53.4 Å². The van der Waals surface area contributed by atoms with Gasteiger partial charge in [-0.2, -0.15) is 0 Å². The fourth-order valence-corrected chi connectivity index (χ4v) is 4.94. The second kappa shape index (κ2) is 9.33. The number of sulfonamides is 1. The number of benzene rings is 2. The van der Waals surface area contributed by atoms with Gasteiger partial charge in [0.15, 0.2) is 0 Å². The second-order valence-corrected chi connectivity index (χ2v) is 9.53. The molecule has 2 saturated heterocycles. The predicted octanol–water partition coefficient (Wildman–Crippen LogP) is 2.25. The van der Waals surface area contributed by atoms with Crippen molar-refractivity contribution in [3.05, 3.63) is 59.9 Å². The van der Waals surface area contributed by atoms with Gasteiger partial charge >= 0.3 is 0 Å². The summed E-state index contributed by atoms with van der Waals surface area (Å²) in [4.78, 5) is 16.8. The molecule has 4 rings (SSSR count). The highest BCUT2D eigenvalue weighted by molar-refractivity contribution is 7.89. The minimum Gasteiger partial charge on any atom is -0.377 e. The van der Waals surface area contributed by atoms with Crippen molar-refractivity contribution in [3.63, 3.8) is 0 Å². The Balaban J connectivity index is 1.33. The molecule has 2 fully saturated rings. The number of nitrogens with zero attached hydrogens (tertiary/aromatic N) is 2. The minimum absolute atomic E-state index is 0.0794. The van der Waals surface area contributed by atoms with E-state index in [4.69, 9.17) is 4.74 Å². The van der Waals surface area contributed by atoms with Gasteiger partial charge in [-0.05, 0) is 61.4 Å². The molecule has 2 aliphatic heterocycles. The quantitative estimate of drug-likeness (QED) is 0.735. The lowest BCUT2D eigenvalue weighted by Crippen LogP contribution is -2.48. The molecule has 0 aromatic heterocycles. The molecule has 1 amide bonds. The largest absolute Gasteiger partial charge is 0.377 e. The van der Waals surface area contributed by atoms with Gasteiger partial charge in [-0.15, -0.1) is 0 Å². The van der Waals surface area contributed by atoms with E-state index >= 15 is 0 Å². The lowest BCUT2D eigenvalue weighted by Gasteiger charge is -2.36. The average Bonchev–Trinajstić information content (AvgIpc) is 3.32. The van der Waals surface area contributed by atoms with Crippen molar-refractivity contribution in [3.8, 4) is 0 Å². The van der Waals surface area contributed by atoms with Crippen LogP contribution in [0.1, 0.15) is 23.2 Å². The molecule has 1 atom stereocenters. The molecule has 0 unspecified atom stereocenters. The second-order valence-electron chi connectivity index (χ2n) is 7.77. The molecule has 2 aromatic rings. The van der Waals surface area contributed by atoms with E-state index in [-0.39, 0.29) is 29.3 Å². The first-order valence-electron chi connectivity index (χ1n) is 10.4. The molecule has 2 aromatic carbocycles. The maximum atomic E-state index is 13.1. The van der Waals surface area contributed by atoms with Crippen molar-refractivity contribution in [1.82, 2.24) is 9.62 Å². The zero-order valence-corrected chi connectivity index (χ0v) is 18.0. The third-order valence-electron chi connectivity index (χ3n) is 5.70. The number of hydrogen-bond donors (Lipinski definition) is 1. The Morgan fingerprint density at radius 1 is 1.03 bits per heavy atom. The van der Waals surface area contributed by atoms with E-state index in [0.717, 1.165) is 18.5 Å². The Hall–Kier alpha value is -2.49. The Morgan fingerprint density at radius 3 is 2.32 bits per heavy atom. The molecule has 0 bridgehead atoms. The van der Waals surface area contributed by atoms with Crippen LogP contribution < -0.4 is 9.62 Å². The molecular formula is C22H26FN3O4S. The lowest BCUT2D eigenvalue weighted by atomic mass is 10.1. The highest BCUT2D eigenvalue weighted by atomic mass is 32.2. The Labute approximate surface area is 181 Å².